The first kappa shape index (κ1) is 19.6. The fraction of sp³-hybridized carbons (Fsp3) is 0.348. The molecule has 0 spiro atoms. The Kier molecular flexibility index (Phi) is 5.17. The van der Waals surface area contributed by atoms with E-state index in [4.69, 9.17) is 11.6 Å². The smallest absolute Gasteiger partial charge is 0.255 e. The quantitative estimate of drug-likeness (QED) is 0.737. The predicted molar refractivity (Wildman–Crippen MR) is 113 cm³/mol. The maximum absolute atomic E-state index is 12.8. The van der Waals surface area contributed by atoms with Crippen LogP contribution in [0.15, 0.2) is 42.5 Å². The molecule has 2 fully saturated rings. The van der Waals surface area contributed by atoms with Gasteiger partial charge in [-0.25, -0.2) is 0 Å². The number of imide groups is 1. The van der Waals surface area contributed by atoms with Crippen LogP contribution >= 0.6 is 11.6 Å². The average Bonchev–Trinajstić information content (AvgIpc) is 2.94. The highest BCUT2D eigenvalue weighted by molar-refractivity contribution is 6.31. The van der Waals surface area contributed by atoms with E-state index < -0.39 is 0 Å². The van der Waals surface area contributed by atoms with Crippen LogP contribution in [-0.2, 0) is 9.59 Å². The lowest BCUT2D eigenvalue weighted by atomic mass is 9.76. The molecule has 1 saturated heterocycles. The third-order valence-corrected chi connectivity index (χ3v) is 6.26. The van der Waals surface area contributed by atoms with Gasteiger partial charge in [-0.1, -0.05) is 24.6 Å². The molecule has 0 radical (unpaired) electrons. The van der Waals surface area contributed by atoms with Gasteiger partial charge in [-0.15, -0.1) is 0 Å². The summed E-state index contributed by atoms with van der Waals surface area (Å²) in [5.74, 6) is -0.443. The number of hydrogen-bond acceptors (Lipinski definition) is 3. The molecule has 3 atom stereocenters. The molecule has 1 aliphatic heterocycles. The molecule has 4 rings (SSSR count). The Morgan fingerprint density at radius 2 is 1.72 bits per heavy atom. The van der Waals surface area contributed by atoms with Gasteiger partial charge >= 0.3 is 0 Å². The molecular weight excluding hydrogens is 388 g/mol. The van der Waals surface area contributed by atoms with E-state index in [0.717, 1.165) is 24.8 Å². The van der Waals surface area contributed by atoms with E-state index in [2.05, 4.69) is 12.2 Å². The molecule has 0 aromatic heterocycles. The summed E-state index contributed by atoms with van der Waals surface area (Å²) in [6.45, 7) is 4.02. The third-order valence-electron chi connectivity index (χ3n) is 6.02. The Balaban J connectivity index is 1.52. The monoisotopic (exact) mass is 410 g/mol. The second-order valence-corrected chi connectivity index (χ2v) is 8.54. The van der Waals surface area contributed by atoms with E-state index >= 15 is 0 Å². The van der Waals surface area contributed by atoms with Gasteiger partial charge < -0.3 is 5.32 Å². The zero-order valence-corrected chi connectivity index (χ0v) is 17.2. The molecule has 2 aliphatic rings. The SMILES string of the molecule is Cc1ccc(Cl)cc1NC(=O)c1ccc(N2C(=O)[C@H]3C[C@@H](C)CC[C@H]3C2=O)cc1. The molecule has 0 bridgehead atoms. The Labute approximate surface area is 175 Å². The highest BCUT2D eigenvalue weighted by Crippen LogP contribution is 2.42. The summed E-state index contributed by atoms with van der Waals surface area (Å²) in [7, 11) is 0. The summed E-state index contributed by atoms with van der Waals surface area (Å²) in [5.41, 5.74) is 2.52. The van der Waals surface area contributed by atoms with Gasteiger partial charge in [-0.05, 0) is 74.1 Å². The molecule has 0 unspecified atom stereocenters. The maximum Gasteiger partial charge on any atom is 0.255 e. The van der Waals surface area contributed by atoms with Gasteiger partial charge in [0.1, 0.15) is 0 Å². The lowest BCUT2D eigenvalue weighted by Crippen LogP contribution is -2.30. The molecule has 1 heterocycles. The average molecular weight is 411 g/mol. The van der Waals surface area contributed by atoms with Crippen molar-refractivity contribution in [1.29, 1.82) is 0 Å². The lowest BCUT2D eigenvalue weighted by molar-refractivity contribution is -0.122. The Morgan fingerprint density at radius 1 is 1.03 bits per heavy atom. The van der Waals surface area contributed by atoms with Crippen LogP contribution in [-0.4, -0.2) is 17.7 Å². The molecular formula is C23H23ClN2O3. The van der Waals surface area contributed by atoms with E-state index in [1.54, 1.807) is 36.4 Å². The molecule has 2 aromatic carbocycles. The van der Waals surface area contributed by atoms with Crippen molar-refractivity contribution in [3.8, 4) is 0 Å². The standard InChI is InChI=1S/C23H23ClN2O3/c1-13-3-10-18-19(11-13)23(29)26(22(18)28)17-8-5-15(6-9-17)21(27)25-20-12-16(24)7-4-14(20)2/h4-9,12-13,18-19H,3,10-11H2,1-2H3,(H,25,27)/t13-,18+,19-/m0/s1. The molecule has 2 aromatic rings. The van der Waals surface area contributed by atoms with Crippen molar-refractivity contribution in [1.82, 2.24) is 0 Å². The molecule has 1 saturated carbocycles. The Morgan fingerprint density at radius 3 is 2.45 bits per heavy atom. The highest BCUT2D eigenvalue weighted by Gasteiger charge is 2.49. The van der Waals surface area contributed by atoms with Crippen molar-refractivity contribution >= 4 is 40.7 Å². The van der Waals surface area contributed by atoms with Gasteiger partial charge in [0, 0.05) is 16.3 Å². The van der Waals surface area contributed by atoms with Crippen molar-refractivity contribution in [3.05, 3.63) is 58.6 Å². The number of aryl methyl sites for hydroxylation is 1. The fourth-order valence-corrected chi connectivity index (χ4v) is 4.50. The first-order chi connectivity index (χ1) is 13.8. The zero-order valence-electron chi connectivity index (χ0n) is 16.4. The van der Waals surface area contributed by atoms with Crippen LogP contribution in [0, 0.1) is 24.7 Å². The van der Waals surface area contributed by atoms with Gasteiger partial charge in [0.2, 0.25) is 11.8 Å². The Hall–Kier alpha value is -2.66. The van der Waals surface area contributed by atoms with Crippen molar-refractivity contribution < 1.29 is 14.4 Å². The van der Waals surface area contributed by atoms with E-state index in [0.29, 0.717) is 27.9 Å². The first-order valence-electron chi connectivity index (χ1n) is 9.90. The molecule has 150 valence electrons. The van der Waals surface area contributed by atoms with Gasteiger partial charge in [0.25, 0.3) is 5.91 Å². The summed E-state index contributed by atoms with van der Waals surface area (Å²) in [5, 5.41) is 3.39. The van der Waals surface area contributed by atoms with E-state index in [1.807, 2.05) is 13.0 Å². The van der Waals surface area contributed by atoms with Gasteiger partial charge in [0.05, 0.1) is 17.5 Å². The summed E-state index contributed by atoms with van der Waals surface area (Å²) >= 11 is 6.01. The van der Waals surface area contributed by atoms with Gasteiger partial charge in [-0.2, -0.15) is 0 Å². The van der Waals surface area contributed by atoms with Gasteiger partial charge in [-0.3, -0.25) is 19.3 Å². The molecule has 5 nitrogen and oxygen atoms in total. The normalized spacial score (nSPS) is 23.8. The van der Waals surface area contributed by atoms with Crippen LogP contribution in [0.2, 0.25) is 5.02 Å². The molecule has 1 N–H and O–H groups in total. The summed E-state index contributed by atoms with van der Waals surface area (Å²) < 4.78 is 0. The largest absolute Gasteiger partial charge is 0.322 e. The van der Waals surface area contributed by atoms with Crippen LogP contribution in [0.5, 0.6) is 0 Å². The van der Waals surface area contributed by atoms with Crippen molar-refractivity contribution in [2.24, 2.45) is 17.8 Å². The molecule has 6 heteroatoms. The zero-order chi connectivity index (χ0) is 20.7. The molecule has 1 aliphatic carbocycles. The number of amides is 3. The number of carbonyl (C=O) groups is 3. The maximum atomic E-state index is 12.8. The van der Waals surface area contributed by atoms with E-state index in [-0.39, 0.29) is 29.6 Å². The highest BCUT2D eigenvalue weighted by atomic mass is 35.5. The van der Waals surface area contributed by atoms with Crippen molar-refractivity contribution in [2.75, 3.05) is 10.2 Å². The fourth-order valence-electron chi connectivity index (χ4n) is 4.33. The number of nitrogens with one attached hydrogen (secondary N) is 1. The van der Waals surface area contributed by atoms with Crippen LogP contribution < -0.4 is 10.2 Å². The van der Waals surface area contributed by atoms with Crippen LogP contribution in [0.25, 0.3) is 0 Å². The number of fused-ring (bicyclic) bond motifs is 1. The molecule has 29 heavy (non-hydrogen) atoms. The summed E-state index contributed by atoms with van der Waals surface area (Å²) in [4.78, 5) is 39.5. The number of benzene rings is 2. The number of carbonyl (C=O) groups excluding carboxylic acids is 3. The number of nitrogens with zero attached hydrogens (tertiary/aromatic N) is 1. The number of hydrogen-bond donors (Lipinski definition) is 1. The van der Waals surface area contributed by atoms with Crippen molar-refractivity contribution in [3.63, 3.8) is 0 Å². The van der Waals surface area contributed by atoms with Crippen molar-refractivity contribution in [2.45, 2.75) is 33.1 Å². The minimum Gasteiger partial charge on any atom is -0.322 e. The third kappa shape index (κ3) is 3.67. The van der Waals surface area contributed by atoms with Gasteiger partial charge in [0.15, 0.2) is 0 Å². The summed E-state index contributed by atoms with van der Waals surface area (Å²) in [6, 6.07) is 11.9. The molecule has 3 amide bonds. The van der Waals surface area contributed by atoms with Crippen LogP contribution in [0.1, 0.15) is 42.1 Å². The Bertz CT molecular complexity index is 986. The lowest BCUT2D eigenvalue weighted by Gasteiger charge is -2.25. The van der Waals surface area contributed by atoms with Crippen LogP contribution in [0.4, 0.5) is 11.4 Å². The number of anilines is 2. The second kappa shape index (κ2) is 7.64. The topological polar surface area (TPSA) is 66.5 Å². The summed E-state index contributed by atoms with van der Waals surface area (Å²) in [6.07, 6.45) is 2.52. The number of halogens is 1. The predicted octanol–water partition coefficient (Wildman–Crippen LogP) is 4.83. The minimum atomic E-state index is -0.275. The van der Waals surface area contributed by atoms with E-state index in [9.17, 15) is 14.4 Å². The minimum absolute atomic E-state index is 0.112. The van der Waals surface area contributed by atoms with E-state index in [1.165, 1.54) is 4.90 Å². The second-order valence-electron chi connectivity index (χ2n) is 8.10. The number of rotatable bonds is 3. The first-order valence-corrected chi connectivity index (χ1v) is 10.3. The van der Waals surface area contributed by atoms with Crippen LogP contribution in [0.3, 0.4) is 0 Å².